The lowest BCUT2D eigenvalue weighted by Gasteiger charge is -2.40. The SMILES string of the molecule is COCc1ccc([C@@H]2[C@@H](C(=O)OC)[C@@H](O)[C@@]3(O)c4ncc(Cl)cc4O[C@@]23c2ccc(F)cc2)cc1. The first-order valence-corrected chi connectivity index (χ1v) is 11.3. The fourth-order valence-corrected chi connectivity index (χ4v) is 5.70. The van der Waals surface area contributed by atoms with Gasteiger partial charge >= 0.3 is 5.97 Å². The molecule has 0 amide bonds. The van der Waals surface area contributed by atoms with Crippen molar-refractivity contribution in [3.8, 4) is 5.75 Å². The Labute approximate surface area is 206 Å². The molecule has 0 unspecified atom stereocenters. The number of aliphatic hydroxyl groups excluding tert-OH is 1. The van der Waals surface area contributed by atoms with Crippen LogP contribution in [0.1, 0.15) is 28.3 Å². The van der Waals surface area contributed by atoms with Crippen LogP contribution in [0.15, 0.2) is 60.8 Å². The Hall–Kier alpha value is -3.04. The molecular formula is C26H23ClFNO6. The molecule has 35 heavy (non-hydrogen) atoms. The lowest BCUT2D eigenvalue weighted by atomic mass is 9.71. The quantitative estimate of drug-likeness (QED) is 0.519. The van der Waals surface area contributed by atoms with E-state index in [1.165, 1.54) is 43.6 Å². The molecule has 1 aromatic heterocycles. The van der Waals surface area contributed by atoms with Crippen LogP contribution < -0.4 is 4.74 Å². The summed E-state index contributed by atoms with van der Waals surface area (Å²) in [4.78, 5) is 17.4. The normalized spacial score (nSPS) is 28.8. The van der Waals surface area contributed by atoms with Crippen LogP contribution in [0.25, 0.3) is 0 Å². The number of nitrogens with zero attached hydrogens (tertiary/aromatic N) is 1. The number of hydrogen-bond donors (Lipinski definition) is 2. The predicted molar refractivity (Wildman–Crippen MR) is 123 cm³/mol. The number of aliphatic hydroxyl groups is 2. The summed E-state index contributed by atoms with van der Waals surface area (Å²) in [5, 5.41) is 24.2. The van der Waals surface area contributed by atoms with Gasteiger partial charge in [0.15, 0.2) is 11.2 Å². The molecule has 5 atom stereocenters. The van der Waals surface area contributed by atoms with Crippen molar-refractivity contribution in [2.24, 2.45) is 5.92 Å². The van der Waals surface area contributed by atoms with E-state index in [9.17, 15) is 19.4 Å². The maximum atomic E-state index is 13.9. The number of carbonyl (C=O) groups excluding carboxylic acids is 1. The Balaban J connectivity index is 1.81. The predicted octanol–water partition coefficient (Wildman–Crippen LogP) is 3.44. The maximum Gasteiger partial charge on any atom is 0.312 e. The van der Waals surface area contributed by atoms with Gasteiger partial charge in [-0.25, -0.2) is 4.39 Å². The Morgan fingerprint density at radius 3 is 2.49 bits per heavy atom. The molecule has 2 aromatic carbocycles. The van der Waals surface area contributed by atoms with E-state index in [0.29, 0.717) is 17.7 Å². The van der Waals surface area contributed by atoms with Gasteiger partial charge in [-0.15, -0.1) is 0 Å². The third-order valence-electron chi connectivity index (χ3n) is 6.98. The Bertz CT molecular complexity index is 1270. The molecule has 1 aliphatic carbocycles. The third kappa shape index (κ3) is 3.28. The molecule has 5 rings (SSSR count). The molecule has 2 aliphatic rings. The minimum Gasteiger partial charge on any atom is -0.476 e. The number of methoxy groups -OCH3 is 2. The van der Waals surface area contributed by atoms with Crippen LogP contribution in [0.5, 0.6) is 5.75 Å². The van der Waals surface area contributed by atoms with Crippen molar-refractivity contribution >= 4 is 17.6 Å². The summed E-state index contributed by atoms with van der Waals surface area (Å²) in [5.74, 6) is -3.23. The average Bonchev–Trinajstić information content (AvgIpc) is 3.22. The first kappa shape index (κ1) is 23.7. The number of carbonyl (C=O) groups is 1. The molecule has 0 saturated heterocycles. The Morgan fingerprint density at radius 2 is 1.86 bits per heavy atom. The van der Waals surface area contributed by atoms with Crippen molar-refractivity contribution in [1.29, 1.82) is 0 Å². The van der Waals surface area contributed by atoms with E-state index in [1.807, 2.05) is 12.1 Å². The molecular weight excluding hydrogens is 477 g/mol. The molecule has 0 spiro atoms. The van der Waals surface area contributed by atoms with Gasteiger partial charge in [-0.2, -0.15) is 0 Å². The zero-order chi connectivity index (χ0) is 25.0. The van der Waals surface area contributed by atoms with Gasteiger partial charge in [-0.05, 0) is 28.8 Å². The molecule has 1 saturated carbocycles. The number of hydrogen-bond acceptors (Lipinski definition) is 7. The number of aromatic nitrogens is 1. The van der Waals surface area contributed by atoms with Gasteiger partial charge in [0.25, 0.3) is 0 Å². The standard InChI is InChI=1S/C26H23ClFNO6/c1-33-13-14-3-5-15(6-4-14)21-20(24(31)34-2)23(30)25(32)22-19(11-17(27)12-29-22)35-26(21,25)16-7-9-18(28)10-8-16/h3-12,20-21,23,30,32H,13H2,1-2H3/t20-,21-,23-,25+,26+/m1/s1. The number of rotatable bonds is 5. The Morgan fingerprint density at radius 1 is 1.17 bits per heavy atom. The molecule has 1 fully saturated rings. The molecule has 182 valence electrons. The molecule has 0 bridgehead atoms. The molecule has 2 N–H and O–H groups in total. The minimum atomic E-state index is -2.18. The smallest absolute Gasteiger partial charge is 0.312 e. The van der Waals surface area contributed by atoms with E-state index in [-0.39, 0.29) is 16.5 Å². The number of benzene rings is 2. The van der Waals surface area contributed by atoms with E-state index < -0.39 is 40.9 Å². The summed E-state index contributed by atoms with van der Waals surface area (Å²) >= 11 is 6.15. The molecule has 0 radical (unpaired) electrons. The van der Waals surface area contributed by atoms with Crippen molar-refractivity contribution in [3.63, 3.8) is 0 Å². The zero-order valence-electron chi connectivity index (χ0n) is 18.9. The molecule has 1 aliphatic heterocycles. The first-order valence-electron chi connectivity index (χ1n) is 10.9. The topological polar surface area (TPSA) is 98.1 Å². The van der Waals surface area contributed by atoms with Crippen LogP contribution in [0.2, 0.25) is 5.02 Å². The average molecular weight is 500 g/mol. The lowest BCUT2D eigenvalue weighted by molar-refractivity contribution is -0.162. The minimum absolute atomic E-state index is 0.0335. The van der Waals surface area contributed by atoms with Crippen LogP contribution in [0, 0.1) is 11.7 Å². The number of halogens is 2. The van der Waals surface area contributed by atoms with E-state index in [2.05, 4.69) is 4.98 Å². The molecule has 7 nitrogen and oxygen atoms in total. The summed E-state index contributed by atoms with van der Waals surface area (Å²) in [6.45, 7) is 0.380. The van der Waals surface area contributed by atoms with Crippen molar-refractivity contribution in [2.75, 3.05) is 14.2 Å². The highest BCUT2D eigenvalue weighted by molar-refractivity contribution is 6.30. The van der Waals surface area contributed by atoms with Crippen molar-refractivity contribution < 1.29 is 33.6 Å². The van der Waals surface area contributed by atoms with Gasteiger partial charge < -0.3 is 24.4 Å². The van der Waals surface area contributed by atoms with E-state index in [0.717, 1.165) is 5.56 Å². The van der Waals surface area contributed by atoms with Gasteiger partial charge in [-0.1, -0.05) is 48.0 Å². The summed E-state index contributed by atoms with van der Waals surface area (Å²) in [6.07, 6.45) is -0.339. The number of ether oxygens (including phenoxy) is 3. The largest absolute Gasteiger partial charge is 0.476 e. The van der Waals surface area contributed by atoms with Gasteiger partial charge in [0.1, 0.15) is 23.4 Å². The van der Waals surface area contributed by atoms with Crippen molar-refractivity contribution in [3.05, 3.63) is 94.0 Å². The highest BCUT2D eigenvalue weighted by Crippen LogP contribution is 2.68. The van der Waals surface area contributed by atoms with Gasteiger partial charge in [0.2, 0.25) is 0 Å². The van der Waals surface area contributed by atoms with Crippen LogP contribution in [-0.2, 0) is 32.1 Å². The second kappa shape index (κ2) is 8.57. The number of esters is 1. The monoisotopic (exact) mass is 499 g/mol. The summed E-state index contributed by atoms with van der Waals surface area (Å²) in [5.41, 5.74) is -2.06. The highest BCUT2D eigenvalue weighted by Gasteiger charge is 2.78. The first-order chi connectivity index (χ1) is 16.8. The number of pyridine rings is 1. The molecule has 9 heteroatoms. The van der Waals surface area contributed by atoms with Gasteiger partial charge in [0.05, 0.1) is 24.7 Å². The second-order valence-electron chi connectivity index (χ2n) is 8.76. The molecule has 3 aromatic rings. The van der Waals surface area contributed by atoms with E-state index in [1.54, 1.807) is 19.2 Å². The van der Waals surface area contributed by atoms with Crippen LogP contribution in [0.3, 0.4) is 0 Å². The van der Waals surface area contributed by atoms with Crippen LogP contribution >= 0.6 is 11.6 Å². The lowest BCUT2D eigenvalue weighted by Crippen LogP contribution is -2.52. The summed E-state index contributed by atoms with van der Waals surface area (Å²) in [7, 11) is 2.79. The second-order valence-corrected chi connectivity index (χ2v) is 9.19. The van der Waals surface area contributed by atoms with Crippen molar-refractivity contribution in [2.45, 2.75) is 29.8 Å². The summed E-state index contributed by atoms with van der Waals surface area (Å²) < 4.78 is 30.6. The van der Waals surface area contributed by atoms with Crippen LogP contribution in [0.4, 0.5) is 4.39 Å². The summed E-state index contributed by atoms with van der Waals surface area (Å²) in [6, 6.07) is 14.1. The highest BCUT2D eigenvalue weighted by atomic mass is 35.5. The number of fused-ring (bicyclic) bond motifs is 3. The van der Waals surface area contributed by atoms with Crippen LogP contribution in [-0.4, -0.2) is 41.5 Å². The maximum absolute atomic E-state index is 13.9. The van der Waals surface area contributed by atoms with E-state index in [4.69, 9.17) is 25.8 Å². The van der Waals surface area contributed by atoms with Crippen molar-refractivity contribution in [1.82, 2.24) is 4.98 Å². The fourth-order valence-electron chi connectivity index (χ4n) is 5.55. The van der Waals surface area contributed by atoms with E-state index >= 15 is 0 Å². The van der Waals surface area contributed by atoms with Gasteiger partial charge in [0, 0.05) is 25.3 Å². The molecule has 2 heterocycles. The zero-order valence-corrected chi connectivity index (χ0v) is 19.7. The Kier molecular flexibility index (Phi) is 5.80. The third-order valence-corrected chi connectivity index (χ3v) is 7.19. The van der Waals surface area contributed by atoms with Gasteiger partial charge in [-0.3, -0.25) is 9.78 Å². The fraction of sp³-hybridized carbons (Fsp3) is 0.308.